The summed E-state index contributed by atoms with van der Waals surface area (Å²) in [5, 5.41) is 4.86. The van der Waals surface area contributed by atoms with Crippen LogP contribution in [0.4, 0.5) is 17.1 Å². The van der Waals surface area contributed by atoms with Crippen LogP contribution in [-0.2, 0) is 5.41 Å². The first-order chi connectivity index (χ1) is 34.7. The van der Waals surface area contributed by atoms with Crippen LogP contribution in [0.1, 0.15) is 22.3 Å². The molecule has 0 atom stereocenters. The number of rotatable bonds is 9. The Morgan fingerprint density at radius 2 is 0.600 bits per heavy atom. The summed E-state index contributed by atoms with van der Waals surface area (Å²) in [6, 6.07) is 105. The van der Waals surface area contributed by atoms with Crippen LogP contribution < -0.4 is 4.90 Å². The quantitative estimate of drug-likeness (QED) is 0.131. The van der Waals surface area contributed by atoms with Crippen LogP contribution in [0.5, 0.6) is 0 Å². The standard InChI is InChI=1S/C69H47N/c1-6-20-48(21-7-1)50-34-36-51(37-35-50)52-38-41-57(42-39-52)70(68-64-33-19-17-31-60(64)59-30-16-18-32-63(59)67(68)53-24-10-3-11-25-53)58-43-45-62-61-44-40-54(49-22-8-2-9-23-49)46-65(61)69(66(62)47-58,55-26-12-4-13-27-55)56-28-14-5-15-29-56/h1-47H. The second kappa shape index (κ2) is 17.2. The molecule has 0 spiro atoms. The molecule has 12 aromatic rings. The van der Waals surface area contributed by atoms with Crippen LogP contribution in [-0.4, -0.2) is 0 Å². The maximum Gasteiger partial charge on any atom is 0.0714 e. The van der Waals surface area contributed by atoms with Crippen molar-refractivity contribution < 1.29 is 0 Å². The van der Waals surface area contributed by atoms with Crippen molar-refractivity contribution >= 4 is 38.6 Å². The van der Waals surface area contributed by atoms with E-state index in [1.54, 1.807) is 0 Å². The third kappa shape index (κ3) is 6.78. The first-order valence-electron chi connectivity index (χ1n) is 24.2. The lowest BCUT2D eigenvalue weighted by atomic mass is 9.67. The van der Waals surface area contributed by atoms with Crippen molar-refractivity contribution in [2.24, 2.45) is 0 Å². The van der Waals surface area contributed by atoms with Gasteiger partial charge in [-0.2, -0.15) is 0 Å². The minimum Gasteiger partial charge on any atom is -0.309 e. The van der Waals surface area contributed by atoms with Crippen molar-refractivity contribution in [3.8, 4) is 55.6 Å². The van der Waals surface area contributed by atoms with Gasteiger partial charge in [-0.1, -0.05) is 255 Å². The average molecular weight is 890 g/mol. The van der Waals surface area contributed by atoms with Gasteiger partial charge in [-0.3, -0.25) is 0 Å². The highest BCUT2D eigenvalue weighted by Gasteiger charge is 2.46. The maximum absolute atomic E-state index is 2.54. The minimum absolute atomic E-state index is 0.622. The first-order valence-corrected chi connectivity index (χ1v) is 24.2. The van der Waals surface area contributed by atoms with Crippen LogP contribution in [0.3, 0.4) is 0 Å². The SMILES string of the molecule is c1ccc(-c2ccc(-c3ccc(N(c4ccc5c(c4)C(c4ccccc4)(c4ccccc4)c4cc(-c6ccccc6)ccc4-5)c4c(-c5ccccc5)c5ccccc5c5ccccc45)cc3)cc2)cc1. The lowest BCUT2D eigenvalue weighted by molar-refractivity contribution is 0.768. The summed E-state index contributed by atoms with van der Waals surface area (Å²) in [6.07, 6.45) is 0. The van der Waals surface area contributed by atoms with Gasteiger partial charge in [0.2, 0.25) is 0 Å². The second-order valence-electron chi connectivity index (χ2n) is 18.3. The van der Waals surface area contributed by atoms with E-state index >= 15 is 0 Å². The van der Waals surface area contributed by atoms with Gasteiger partial charge in [0.15, 0.2) is 0 Å². The molecule has 12 aromatic carbocycles. The molecule has 0 heterocycles. The maximum atomic E-state index is 2.54. The van der Waals surface area contributed by atoms with Gasteiger partial charge in [-0.15, -0.1) is 0 Å². The Morgan fingerprint density at radius 3 is 1.14 bits per heavy atom. The van der Waals surface area contributed by atoms with Crippen LogP contribution in [0, 0.1) is 0 Å². The summed E-state index contributed by atoms with van der Waals surface area (Å²) < 4.78 is 0. The zero-order valence-corrected chi connectivity index (χ0v) is 38.6. The van der Waals surface area contributed by atoms with E-state index in [-0.39, 0.29) is 0 Å². The number of anilines is 3. The van der Waals surface area contributed by atoms with Gasteiger partial charge in [-0.05, 0) is 119 Å². The highest BCUT2D eigenvalue weighted by molar-refractivity contribution is 6.22. The Labute approximate surface area is 409 Å². The van der Waals surface area contributed by atoms with Gasteiger partial charge in [0.05, 0.1) is 11.1 Å². The molecule has 0 saturated heterocycles. The fraction of sp³-hybridized carbons (Fsp3) is 0.0145. The molecule has 1 aliphatic rings. The summed E-state index contributed by atoms with van der Waals surface area (Å²) >= 11 is 0. The number of hydrogen-bond acceptors (Lipinski definition) is 1. The summed E-state index contributed by atoms with van der Waals surface area (Å²) in [5.41, 5.74) is 19.8. The molecule has 0 unspecified atom stereocenters. The van der Waals surface area contributed by atoms with Crippen molar-refractivity contribution in [2.75, 3.05) is 4.90 Å². The normalized spacial score (nSPS) is 12.4. The highest BCUT2D eigenvalue weighted by Crippen LogP contribution is 2.59. The van der Waals surface area contributed by atoms with Crippen LogP contribution in [0.25, 0.3) is 77.2 Å². The van der Waals surface area contributed by atoms with Gasteiger partial charge in [0, 0.05) is 22.3 Å². The van der Waals surface area contributed by atoms with Crippen molar-refractivity contribution in [2.45, 2.75) is 5.41 Å². The molecule has 1 heteroatoms. The molecule has 1 nitrogen and oxygen atoms in total. The zero-order valence-electron chi connectivity index (χ0n) is 38.6. The molecule has 0 aromatic heterocycles. The molecule has 0 aliphatic heterocycles. The van der Waals surface area contributed by atoms with Gasteiger partial charge >= 0.3 is 0 Å². The van der Waals surface area contributed by atoms with Crippen LogP contribution in [0.15, 0.2) is 285 Å². The van der Waals surface area contributed by atoms with Gasteiger partial charge < -0.3 is 4.90 Å². The summed E-state index contributed by atoms with van der Waals surface area (Å²) in [5.74, 6) is 0. The van der Waals surface area contributed by atoms with Gasteiger partial charge in [-0.25, -0.2) is 0 Å². The number of fused-ring (bicyclic) bond motifs is 6. The van der Waals surface area contributed by atoms with Crippen LogP contribution in [0.2, 0.25) is 0 Å². The van der Waals surface area contributed by atoms with Crippen molar-refractivity contribution in [3.63, 3.8) is 0 Å². The van der Waals surface area contributed by atoms with E-state index in [4.69, 9.17) is 0 Å². The summed E-state index contributed by atoms with van der Waals surface area (Å²) in [4.78, 5) is 2.54. The van der Waals surface area contributed by atoms with Gasteiger partial charge in [0.1, 0.15) is 0 Å². The third-order valence-corrected chi connectivity index (χ3v) is 14.5. The minimum atomic E-state index is -0.622. The molecule has 0 saturated carbocycles. The van der Waals surface area contributed by atoms with Crippen LogP contribution >= 0.6 is 0 Å². The van der Waals surface area contributed by atoms with E-state index in [1.165, 1.54) is 99.4 Å². The molecule has 0 bridgehead atoms. The topological polar surface area (TPSA) is 3.24 Å². The third-order valence-electron chi connectivity index (χ3n) is 14.5. The molecular formula is C69H47N. The Morgan fingerprint density at radius 1 is 0.243 bits per heavy atom. The fourth-order valence-corrected chi connectivity index (χ4v) is 11.4. The van der Waals surface area contributed by atoms with Crippen molar-refractivity contribution in [1.82, 2.24) is 0 Å². The zero-order chi connectivity index (χ0) is 46.4. The summed E-state index contributed by atoms with van der Waals surface area (Å²) in [7, 11) is 0. The van der Waals surface area contributed by atoms with Crippen molar-refractivity contribution in [3.05, 3.63) is 307 Å². The molecular weight excluding hydrogens is 843 g/mol. The Balaban J connectivity index is 1.09. The first kappa shape index (κ1) is 41.2. The molecule has 1 aliphatic carbocycles. The monoisotopic (exact) mass is 889 g/mol. The lowest BCUT2D eigenvalue weighted by Gasteiger charge is -2.35. The molecule has 0 fully saturated rings. The Hall–Kier alpha value is -9.04. The number of hydrogen-bond donors (Lipinski definition) is 0. The largest absolute Gasteiger partial charge is 0.309 e. The second-order valence-corrected chi connectivity index (χ2v) is 18.3. The molecule has 13 rings (SSSR count). The number of benzene rings is 12. The molecule has 0 N–H and O–H groups in total. The van der Waals surface area contributed by atoms with E-state index in [2.05, 4.69) is 290 Å². The van der Waals surface area contributed by atoms with E-state index in [0.29, 0.717) is 0 Å². The van der Waals surface area contributed by atoms with Crippen molar-refractivity contribution in [1.29, 1.82) is 0 Å². The van der Waals surface area contributed by atoms with E-state index in [1.807, 2.05) is 0 Å². The molecule has 328 valence electrons. The highest BCUT2D eigenvalue weighted by atomic mass is 15.1. The molecule has 0 radical (unpaired) electrons. The Bertz CT molecular complexity index is 3790. The Kier molecular flexibility index (Phi) is 10.1. The molecule has 0 amide bonds. The fourth-order valence-electron chi connectivity index (χ4n) is 11.4. The summed E-state index contributed by atoms with van der Waals surface area (Å²) in [6.45, 7) is 0. The van der Waals surface area contributed by atoms with E-state index < -0.39 is 5.41 Å². The predicted octanol–water partition coefficient (Wildman–Crippen LogP) is 18.5. The lowest BCUT2D eigenvalue weighted by Crippen LogP contribution is -2.29. The van der Waals surface area contributed by atoms with Gasteiger partial charge in [0.25, 0.3) is 0 Å². The van der Waals surface area contributed by atoms with E-state index in [9.17, 15) is 0 Å². The smallest absolute Gasteiger partial charge is 0.0714 e. The predicted molar refractivity (Wildman–Crippen MR) is 295 cm³/mol. The van der Waals surface area contributed by atoms with E-state index in [0.717, 1.165) is 17.1 Å². The molecule has 70 heavy (non-hydrogen) atoms. The number of nitrogens with zero attached hydrogens (tertiary/aromatic N) is 1. The average Bonchev–Trinajstić information content (AvgIpc) is 3.74.